The molecule has 5 aromatic rings. The van der Waals surface area contributed by atoms with Crippen LogP contribution in [0.4, 0.5) is 0 Å². The number of H-pyrrole nitrogens is 1. The Morgan fingerprint density at radius 1 is 1.02 bits per heavy atom. The highest BCUT2D eigenvalue weighted by Gasteiger charge is 2.29. The van der Waals surface area contributed by atoms with Crippen LogP contribution >= 0.6 is 0 Å². The third-order valence-electron chi connectivity index (χ3n) is 9.26. The number of benzene rings is 3. The first-order valence-corrected chi connectivity index (χ1v) is 16.1. The molecule has 0 bridgehead atoms. The van der Waals surface area contributed by atoms with E-state index in [1.165, 1.54) is 27.6 Å². The van der Waals surface area contributed by atoms with Gasteiger partial charge in [0.05, 0.1) is 25.7 Å². The normalized spacial score (nSPS) is 16.7. The van der Waals surface area contributed by atoms with E-state index < -0.39 is 0 Å². The highest BCUT2D eigenvalue weighted by Crippen LogP contribution is 2.34. The number of hydrogen-bond acceptors (Lipinski definition) is 5. The number of piperidine rings is 1. The Kier molecular flexibility index (Phi) is 8.47. The summed E-state index contributed by atoms with van der Waals surface area (Å²) in [6, 6.07) is 24.6. The number of nitrogens with one attached hydrogen (secondary N) is 3. The van der Waals surface area contributed by atoms with Crippen molar-refractivity contribution in [3.05, 3.63) is 119 Å². The van der Waals surface area contributed by atoms with E-state index in [2.05, 4.69) is 93.1 Å². The minimum Gasteiger partial charge on any atom is -0.497 e. The maximum Gasteiger partial charge on any atom is 0.237 e. The number of aromatic nitrogens is 4. The van der Waals surface area contributed by atoms with E-state index in [4.69, 9.17) is 14.9 Å². The molecule has 1 saturated heterocycles. The highest BCUT2D eigenvalue weighted by molar-refractivity contribution is 5.83. The predicted octanol–water partition coefficient (Wildman–Crippen LogP) is 5.93. The molecular weight excluding hydrogens is 560 g/mol. The largest absolute Gasteiger partial charge is 0.497 e. The summed E-state index contributed by atoms with van der Waals surface area (Å²) >= 11 is 0. The molecule has 8 nitrogen and oxygen atoms in total. The Bertz CT molecular complexity index is 1810. The van der Waals surface area contributed by atoms with Crippen LogP contribution in [0, 0.1) is 0 Å². The maximum absolute atomic E-state index is 13.7. The Balaban J connectivity index is 1.23. The van der Waals surface area contributed by atoms with E-state index in [1.807, 2.05) is 12.1 Å². The van der Waals surface area contributed by atoms with Gasteiger partial charge in [-0.25, -0.2) is 0 Å². The topological polar surface area (TPSA) is 96.9 Å². The van der Waals surface area contributed by atoms with Crippen molar-refractivity contribution in [3.63, 3.8) is 0 Å². The fourth-order valence-electron chi connectivity index (χ4n) is 6.79. The van der Waals surface area contributed by atoms with Gasteiger partial charge in [0.1, 0.15) is 11.6 Å². The second-order valence-corrected chi connectivity index (χ2v) is 12.1. The Morgan fingerprint density at radius 2 is 1.87 bits per heavy atom. The fraction of sp³-hybridized carbons (Fsp3) is 0.324. The molecule has 2 aliphatic rings. The lowest BCUT2D eigenvalue weighted by Crippen LogP contribution is -2.48. The van der Waals surface area contributed by atoms with Gasteiger partial charge in [0, 0.05) is 29.9 Å². The molecule has 1 amide bonds. The summed E-state index contributed by atoms with van der Waals surface area (Å²) in [5.74, 6) is 2.54. The average molecular weight is 601 g/mol. The maximum atomic E-state index is 13.7. The molecule has 3 N–H and O–H groups in total. The van der Waals surface area contributed by atoms with Crippen LogP contribution in [0.3, 0.4) is 0 Å². The Labute approximate surface area is 263 Å². The number of aromatic amines is 1. The summed E-state index contributed by atoms with van der Waals surface area (Å²) in [6.45, 7) is 1.46. The first-order chi connectivity index (χ1) is 22.2. The summed E-state index contributed by atoms with van der Waals surface area (Å²) in [5.41, 5.74) is 7.34. The molecule has 0 radical (unpaired) electrons. The molecule has 7 rings (SSSR count). The quantitative estimate of drug-likeness (QED) is 0.175. The molecule has 1 aliphatic carbocycles. The summed E-state index contributed by atoms with van der Waals surface area (Å²) in [4.78, 5) is 17.1. The van der Waals surface area contributed by atoms with E-state index in [0.29, 0.717) is 13.0 Å². The van der Waals surface area contributed by atoms with Crippen molar-refractivity contribution < 1.29 is 9.53 Å². The van der Waals surface area contributed by atoms with Gasteiger partial charge in [-0.3, -0.25) is 4.79 Å². The van der Waals surface area contributed by atoms with Gasteiger partial charge in [0.2, 0.25) is 5.91 Å². The first kappa shape index (κ1) is 29.0. The predicted molar refractivity (Wildman–Crippen MR) is 177 cm³/mol. The molecule has 0 saturated carbocycles. The lowest BCUT2D eigenvalue weighted by molar-refractivity contribution is -0.124. The molecule has 0 unspecified atom stereocenters. The summed E-state index contributed by atoms with van der Waals surface area (Å²) < 4.78 is 7.63. The fourth-order valence-corrected chi connectivity index (χ4v) is 6.79. The lowest BCUT2D eigenvalue weighted by Gasteiger charge is -2.26. The van der Waals surface area contributed by atoms with Gasteiger partial charge in [-0.1, -0.05) is 67.1 Å². The van der Waals surface area contributed by atoms with Crippen molar-refractivity contribution in [1.82, 2.24) is 30.4 Å². The lowest BCUT2D eigenvalue weighted by atomic mass is 9.98. The van der Waals surface area contributed by atoms with Crippen molar-refractivity contribution in [2.45, 2.75) is 63.6 Å². The van der Waals surface area contributed by atoms with Gasteiger partial charge in [-0.2, -0.15) is 0 Å². The van der Waals surface area contributed by atoms with Gasteiger partial charge >= 0.3 is 0 Å². The third-order valence-corrected chi connectivity index (χ3v) is 9.26. The number of carbonyl (C=O) groups excluding carboxylic acids is 1. The van der Waals surface area contributed by atoms with Crippen LogP contribution in [0.25, 0.3) is 16.5 Å². The summed E-state index contributed by atoms with van der Waals surface area (Å²) in [6.07, 6.45) is 10.5. The zero-order valence-corrected chi connectivity index (χ0v) is 25.8. The Hall–Kier alpha value is -4.69. The minimum absolute atomic E-state index is 0.0333. The molecule has 1 fully saturated rings. The molecular formula is C37H40N6O2. The number of fused-ring (bicyclic) bond motifs is 2. The highest BCUT2D eigenvalue weighted by atomic mass is 16.5. The minimum atomic E-state index is -0.328. The molecule has 3 heterocycles. The van der Waals surface area contributed by atoms with E-state index in [-0.39, 0.29) is 18.0 Å². The third kappa shape index (κ3) is 6.28. The molecule has 3 aromatic carbocycles. The van der Waals surface area contributed by atoms with Crippen LogP contribution in [0.2, 0.25) is 0 Å². The van der Waals surface area contributed by atoms with Crippen LogP contribution in [0.1, 0.15) is 65.6 Å². The average Bonchev–Trinajstić information content (AvgIpc) is 3.81. The molecule has 1 aliphatic heterocycles. The van der Waals surface area contributed by atoms with E-state index in [1.54, 1.807) is 7.11 Å². The van der Waals surface area contributed by atoms with Gasteiger partial charge in [0.15, 0.2) is 5.82 Å². The van der Waals surface area contributed by atoms with Crippen molar-refractivity contribution >= 4 is 22.4 Å². The van der Waals surface area contributed by atoms with E-state index >= 15 is 0 Å². The summed E-state index contributed by atoms with van der Waals surface area (Å²) in [5, 5.41) is 17.7. The van der Waals surface area contributed by atoms with Crippen molar-refractivity contribution in [3.8, 4) is 5.75 Å². The number of allylic oxidation sites excluding steroid dienone is 1. The number of rotatable bonds is 11. The number of carbonyl (C=O) groups is 1. The zero-order valence-electron chi connectivity index (χ0n) is 25.8. The van der Waals surface area contributed by atoms with Crippen LogP contribution in [-0.2, 0) is 30.6 Å². The van der Waals surface area contributed by atoms with Gasteiger partial charge in [-0.15, -0.1) is 10.2 Å². The van der Waals surface area contributed by atoms with Gasteiger partial charge < -0.3 is 24.9 Å². The number of aryl methyl sites for hydroxylation is 2. The molecule has 8 heteroatoms. The monoisotopic (exact) mass is 600 g/mol. The van der Waals surface area contributed by atoms with E-state index in [9.17, 15) is 4.79 Å². The molecule has 45 heavy (non-hydrogen) atoms. The van der Waals surface area contributed by atoms with E-state index in [0.717, 1.165) is 73.5 Å². The summed E-state index contributed by atoms with van der Waals surface area (Å²) in [7, 11) is 1.68. The van der Waals surface area contributed by atoms with Gasteiger partial charge in [-0.05, 0) is 78.3 Å². The van der Waals surface area contributed by atoms with Crippen LogP contribution in [0.15, 0.2) is 85.1 Å². The van der Waals surface area contributed by atoms with Crippen LogP contribution in [-0.4, -0.2) is 45.4 Å². The molecule has 230 valence electrons. The number of para-hydroxylation sites is 1. The van der Waals surface area contributed by atoms with Crippen molar-refractivity contribution in [1.29, 1.82) is 0 Å². The number of nitrogens with zero attached hydrogens (tertiary/aromatic N) is 3. The number of hydrogen-bond donors (Lipinski definition) is 3. The van der Waals surface area contributed by atoms with Gasteiger partial charge in [0.25, 0.3) is 0 Å². The molecule has 0 spiro atoms. The SMILES string of the molecule is COc1ccc(Cn2c(CCc3c[nH]c4ccccc34)nnc2[C@@H](CC2=CCc3ccccc32)NC(=O)[C@H]2CCCCN2)cc1. The van der Waals surface area contributed by atoms with Crippen molar-refractivity contribution in [2.75, 3.05) is 13.7 Å². The first-order valence-electron chi connectivity index (χ1n) is 16.1. The second kappa shape index (κ2) is 13.1. The van der Waals surface area contributed by atoms with Crippen LogP contribution < -0.4 is 15.4 Å². The standard InChI is InChI=1S/C37H40N6O2/c1-45-29-18-13-25(14-19-29)24-43-35(20-17-28-23-39-32-11-5-4-10-31(28)32)41-42-36(43)34(40-37(44)33-12-6-7-21-38-33)22-27-16-15-26-8-2-3-9-30(26)27/h2-5,8-11,13-14,16,18-19,23,33-34,38-39H,6-7,12,15,17,20-22,24H2,1H3,(H,40,44)/t33-,34-/m1/s1. The second-order valence-electron chi connectivity index (χ2n) is 12.1. The number of amides is 1. The Morgan fingerprint density at radius 3 is 2.71 bits per heavy atom. The van der Waals surface area contributed by atoms with Crippen LogP contribution in [0.5, 0.6) is 5.75 Å². The molecule has 2 atom stereocenters. The smallest absolute Gasteiger partial charge is 0.237 e. The molecule has 2 aromatic heterocycles. The van der Waals surface area contributed by atoms with Crippen molar-refractivity contribution in [2.24, 2.45) is 0 Å². The number of ether oxygens (including phenoxy) is 1. The number of methoxy groups -OCH3 is 1. The zero-order chi connectivity index (χ0) is 30.6.